The number of carbonyl (C=O) groups is 2. The molecule has 6 saturated carbocycles. The predicted octanol–water partition coefficient (Wildman–Crippen LogP) is 11.3. The summed E-state index contributed by atoms with van der Waals surface area (Å²) in [5, 5.41) is 41.9. The standard InChI is InChI=1S/C65H91N3O7/c1-59(2)58(75-59)49(71)32-60(3)21-15-41-35-67-54-44(28-38-26-42(39-12-9-8-10-13-39)29-43(27-38)40-18-24-74-25-19-40)36-68(55(41)54)37-47-52-53(60)48(70)33-62(52,5)61(4)22-17-50-63(6,57(61)56(47)73)64(23-16-46(69)31-64)34-51(72)65(50)20-11-14-45(30-65)66-7/h26-27,29,35-36,39-40,45-47,49-50,56-58,66-67,69,71,73H,8-25,28,30-34,37H2,1-7H3. The summed E-state index contributed by atoms with van der Waals surface area (Å²) >= 11 is 0. The molecule has 3 aliphatic heterocycles. The molecule has 5 heterocycles. The molecule has 2 aromatic heterocycles. The number of rotatable bonds is 8. The van der Waals surface area contributed by atoms with Crippen LogP contribution in [0.4, 0.5) is 0 Å². The maximum Gasteiger partial charge on any atom is 0.160 e. The Morgan fingerprint density at radius 1 is 0.840 bits per heavy atom. The third kappa shape index (κ3) is 7.56. The van der Waals surface area contributed by atoms with Crippen LogP contribution in [-0.2, 0) is 38.4 Å². The molecule has 10 heteroatoms. The smallest absolute Gasteiger partial charge is 0.160 e. The number of carbonyl (C=O) groups excluding carboxylic acids is 2. The van der Waals surface area contributed by atoms with E-state index >= 15 is 9.59 Å². The van der Waals surface area contributed by atoms with Crippen LogP contribution in [0.1, 0.15) is 210 Å². The lowest BCUT2D eigenvalue weighted by molar-refractivity contribution is -0.267. The van der Waals surface area contributed by atoms with Crippen molar-refractivity contribution in [3.8, 4) is 0 Å². The molecule has 7 aliphatic carbocycles. The fourth-order valence-corrected chi connectivity index (χ4v) is 20.9. The Morgan fingerprint density at radius 2 is 1.57 bits per heavy atom. The van der Waals surface area contributed by atoms with Crippen LogP contribution in [0.2, 0.25) is 0 Å². The van der Waals surface area contributed by atoms with Gasteiger partial charge in [0.15, 0.2) is 5.78 Å². The molecule has 75 heavy (non-hydrogen) atoms. The van der Waals surface area contributed by atoms with E-state index < -0.39 is 56.4 Å². The van der Waals surface area contributed by atoms with Gasteiger partial charge in [-0.3, -0.25) is 9.59 Å². The van der Waals surface area contributed by atoms with Crippen molar-refractivity contribution < 1.29 is 34.4 Å². The van der Waals surface area contributed by atoms with Gasteiger partial charge in [0, 0.05) is 79.8 Å². The molecule has 10 aliphatic rings. The van der Waals surface area contributed by atoms with Gasteiger partial charge in [0.05, 0.1) is 34.9 Å². The van der Waals surface area contributed by atoms with Crippen LogP contribution in [0.25, 0.3) is 11.0 Å². The molecule has 0 radical (unpaired) electrons. The summed E-state index contributed by atoms with van der Waals surface area (Å²) in [6.07, 6.45) is 21.9. The molecule has 13 rings (SSSR count). The van der Waals surface area contributed by atoms with Gasteiger partial charge in [0.1, 0.15) is 11.9 Å². The lowest BCUT2D eigenvalue weighted by atomic mass is 9.29. The van der Waals surface area contributed by atoms with Crippen molar-refractivity contribution in [2.75, 3.05) is 20.3 Å². The minimum Gasteiger partial charge on any atom is -0.393 e. The number of nitrogens with zero attached hydrogens (tertiary/aromatic N) is 1. The van der Waals surface area contributed by atoms with Gasteiger partial charge in [0.25, 0.3) is 0 Å². The number of aromatic nitrogens is 2. The highest BCUT2D eigenvalue weighted by Crippen LogP contribution is 2.81. The highest BCUT2D eigenvalue weighted by molar-refractivity contribution is 6.02. The average molecular weight is 1030 g/mol. The summed E-state index contributed by atoms with van der Waals surface area (Å²) in [5.74, 6) is 1.15. The maximum absolute atomic E-state index is 15.8. The van der Waals surface area contributed by atoms with E-state index in [0.29, 0.717) is 62.7 Å². The number of ketones is 2. The summed E-state index contributed by atoms with van der Waals surface area (Å²) in [6.45, 7) is 15.9. The molecule has 14 unspecified atom stereocenters. The highest BCUT2D eigenvalue weighted by Gasteiger charge is 2.78. The molecule has 14 atom stereocenters. The van der Waals surface area contributed by atoms with E-state index in [1.165, 1.54) is 71.0 Å². The van der Waals surface area contributed by atoms with Gasteiger partial charge in [-0.1, -0.05) is 71.6 Å². The van der Waals surface area contributed by atoms with E-state index in [2.05, 4.69) is 80.2 Å². The summed E-state index contributed by atoms with van der Waals surface area (Å²) in [7, 11) is 2.06. The number of allylic oxidation sites excluding steroid dienone is 1. The van der Waals surface area contributed by atoms with E-state index in [1.54, 1.807) is 0 Å². The third-order valence-corrected chi connectivity index (χ3v) is 24.8. The van der Waals surface area contributed by atoms with Crippen LogP contribution >= 0.6 is 0 Å². The fraction of sp³-hybridized carbons (Fsp3) is 0.754. The van der Waals surface area contributed by atoms with E-state index in [0.717, 1.165) is 95.0 Å². The van der Waals surface area contributed by atoms with Crippen LogP contribution in [0.15, 0.2) is 41.7 Å². The van der Waals surface area contributed by atoms with E-state index in [1.807, 2.05) is 13.8 Å². The number of ether oxygens (including phenoxy) is 2. The number of aliphatic hydroxyl groups is 3. The number of Topliss-reactive ketones (excluding diaryl/α,β-unsaturated/α-hetero) is 2. The van der Waals surface area contributed by atoms with E-state index in [4.69, 9.17) is 9.47 Å². The average Bonchev–Trinajstić information content (AvgIpc) is 3.85. The monoisotopic (exact) mass is 1030 g/mol. The quantitative estimate of drug-likeness (QED) is 0.140. The van der Waals surface area contributed by atoms with Crippen molar-refractivity contribution in [1.29, 1.82) is 0 Å². The number of aryl methyl sites for hydroxylation is 1. The molecule has 3 aromatic rings. The number of hydrogen-bond acceptors (Lipinski definition) is 8. The summed E-state index contributed by atoms with van der Waals surface area (Å²) in [6, 6.07) is 7.86. The second kappa shape index (κ2) is 17.9. The SMILES string of the molecule is CNC1CCCC2(C1)C(=O)CC1(CCC(O)C1)C1(C)C2CCC2(C)C1C(O)C1Cn3cc(Cc4cc(C5CCCCC5)cc(C5CCOCC5)c4)c4[nH]cc(c43)CCC(C)(CC(O)C3OC3(C)C)C3=C1C2(C)CC3=O. The molecular formula is C65H91N3O7. The van der Waals surface area contributed by atoms with Gasteiger partial charge < -0.3 is 39.7 Å². The van der Waals surface area contributed by atoms with Gasteiger partial charge in [-0.05, 0) is 196 Å². The summed E-state index contributed by atoms with van der Waals surface area (Å²) in [4.78, 5) is 35.0. The van der Waals surface area contributed by atoms with Crippen LogP contribution < -0.4 is 5.32 Å². The van der Waals surface area contributed by atoms with E-state index in [9.17, 15) is 15.3 Å². The highest BCUT2D eigenvalue weighted by atomic mass is 16.6. The Morgan fingerprint density at radius 3 is 2.27 bits per heavy atom. The molecule has 10 nitrogen and oxygen atoms in total. The topological polar surface area (TPSA) is 149 Å². The number of epoxide rings is 1. The molecular weight excluding hydrogens is 935 g/mol. The zero-order valence-electron chi connectivity index (χ0n) is 46.8. The molecule has 408 valence electrons. The molecule has 0 bridgehead atoms. The maximum atomic E-state index is 15.8. The van der Waals surface area contributed by atoms with Crippen molar-refractivity contribution in [3.05, 3.63) is 69.6 Å². The van der Waals surface area contributed by atoms with Crippen molar-refractivity contribution in [2.45, 2.75) is 237 Å². The van der Waals surface area contributed by atoms with Crippen molar-refractivity contribution in [2.24, 2.45) is 50.2 Å². The minimum atomic E-state index is -0.813. The van der Waals surface area contributed by atoms with Crippen molar-refractivity contribution >= 4 is 22.6 Å². The number of aromatic amines is 1. The first kappa shape index (κ1) is 51.3. The van der Waals surface area contributed by atoms with Gasteiger partial charge >= 0.3 is 0 Å². The van der Waals surface area contributed by atoms with Crippen LogP contribution in [0, 0.1) is 50.2 Å². The Balaban J connectivity index is 0.976. The molecule has 2 saturated heterocycles. The largest absolute Gasteiger partial charge is 0.393 e. The lowest BCUT2D eigenvalue weighted by Crippen LogP contribution is -2.73. The second-order valence-corrected chi connectivity index (χ2v) is 28.8. The van der Waals surface area contributed by atoms with Crippen LogP contribution in [0.5, 0.6) is 0 Å². The van der Waals surface area contributed by atoms with Crippen LogP contribution in [0.3, 0.4) is 0 Å². The third-order valence-electron chi connectivity index (χ3n) is 24.8. The van der Waals surface area contributed by atoms with Crippen molar-refractivity contribution in [3.63, 3.8) is 0 Å². The molecule has 1 aromatic carbocycles. The lowest BCUT2D eigenvalue weighted by Gasteiger charge is -2.75. The Bertz CT molecular complexity index is 2760. The Hall–Kier alpha value is -3.12. The van der Waals surface area contributed by atoms with Gasteiger partial charge in [-0.15, -0.1) is 0 Å². The van der Waals surface area contributed by atoms with Gasteiger partial charge in [-0.2, -0.15) is 0 Å². The number of fused-ring (bicyclic) bond motifs is 6. The van der Waals surface area contributed by atoms with Gasteiger partial charge in [0.2, 0.25) is 0 Å². The molecule has 5 N–H and O–H groups in total. The molecule has 0 amide bonds. The normalized spacial score (nSPS) is 42.3. The predicted molar refractivity (Wildman–Crippen MR) is 293 cm³/mol. The first-order valence-electron chi connectivity index (χ1n) is 30.4. The summed E-state index contributed by atoms with van der Waals surface area (Å²) in [5.41, 5.74) is 7.63. The Kier molecular flexibility index (Phi) is 12.3. The fourth-order valence-electron chi connectivity index (χ4n) is 20.9. The first-order valence-corrected chi connectivity index (χ1v) is 30.4. The second-order valence-electron chi connectivity index (χ2n) is 28.8. The number of benzene rings is 1. The zero-order chi connectivity index (χ0) is 52.2. The van der Waals surface area contributed by atoms with E-state index in [-0.39, 0.29) is 35.7 Å². The molecule has 8 fully saturated rings. The zero-order valence-corrected chi connectivity index (χ0v) is 46.8. The number of nitrogens with one attached hydrogen (secondary N) is 2. The number of hydrogen-bond donors (Lipinski definition) is 5. The van der Waals surface area contributed by atoms with Gasteiger partial charge in [-0.25, -0.2) is 0 Å². The minimum absolute atomic E-state index is 0.0598. The first-order chi connectivity index (χ1) is 35.8. The van der Waals surface area contributed by atoms with Crippen molar-refractivity contribution in [1.82, 2.24) is 14.9 Å². The molecule has 2 spiro atoms. The number of aliphatic hydroxyl groups excluding tert-OH is 3. The summed E-state index contributed by atoms with van der Waals surface area (Å²) < 4.78 is 14.5. The number of H-pyrrole nitrogens is 1. The van der Waals surface area contributed by atoms with Crippen LogP contribution in [-0.4, -0.2) is 92.8 Å². The Labute approximate surface area is 447 Å².